The minimum atomic E-state index is 0.203. The first-order valence-corrected chi connectivity index (χ1v) is 7.54. The number of pyridine rings is 1. The molecule has 116 valence electrons. The van der Waals surface area contributed by atoms with Crippen molar-refractivity contribution in [3.63, 3.8) is 0 Å². The van der Waals surface area contributed by atoms with Crippen molar-refractivity contribution in [2.45, 2.75) is 18.6 Å². The van der Waals surface area contributed by atoms with E-state index in [4.69, 9.17) is 16.3 Å². The van der Waals surface area contributed by atoms with Crippen LogP contribution >= 0.6 is 11.6 Å². The Bertz CT molecular complexity index is 612. The lowest BCUT2D eigenvalue weighted by Gasteiger charge is -2.25. The van der Waals surface area contributed by atoms with Gasteiger partial charge in [0.1, 0.15) is 12.1 Å². The van der Waals surface area contributed by atoms with Gasteiger partial charge in [-0.3, -0.25) is 4.98 Å². The van der Waals surface area contributed by atoms with Gasteiger partial charge in [-0.05, 0) is 18.6 Å². The van der Waals surface area contributed by atoms with Crippen molar-refractivity contribution >= 4 is 23.1 Å². The van der Waals surface area contributed by atoms with Gasteiger partial charge in [-0.1, -0.05) is 11.6 Å². The maximum Gasteiger partial charge on any atom is 0.132 e. The summed E-state index contributed by atoms with van der Waals surface area (Å²) in [6, 6.07) is 4.08. The highest BCUT2D eigenvalue weighted by molar-refractivity contribution is 6.33. The molecule has 3 rings (SSSR count). The van der Waals surface area contributed by atoms with Crippen LogP contribution in [0.15, 0.2) is 37.1 Å². The molecule has 0 radical (unpaired) electrons. The molecule has 0 aromatic carbocycles. The highest BCUT2D eigenvalue weighted by Crippen LogP contribution is 2.26. The molecule has 2 aromatic heterocycles. The van der Waals surface area contributed by atoms with Crippen LogP contribution in [0.25, 0.3) is 0 Å². The van der Waals surface area contributed by atoms with Gasteiger partial charge in [0.15, 0.2) is 0 Å². The van der Waals surface area contributed by atoms with E-state index in [-0.39, 0.29) is 12.1 Å². The van der Waals surface area contributed by atoms with Gasteiger partial charge in [0.05, 0.1) is 22.9 Å². The number of nitrogens with zero attached hydrogens (tertiary/aromatic N) is 4. The summed E-state index contributed by atoms with van der Waals surface area (Å²) in [6.45, 7) is 1.58. The van der Waals surface area contributed by atoms with E-state index >= 15 is 0 Å². The van der Waals surface area contributed by atoms with Gasteiger partial charge in [0.25, 0.3) is 0 Å². The molecule has 1 fully saturated rings. The fraction of sp³-hybridized carbons (Fsp3) is 0.400. The average molecular weight is 320 g/mol. The summed E-state index contributed by atoms with van der Waals surface area (Å²) in [7, 11) is 1.75. The van der Waals surface area contributed by atoms with E-state index in [2.05, 4.69) is 25.2 Å². The molecule has 2 aromatic rings. The Morgan fingerprint density at radius 1 is 1.36 bits per heavy atom. The number of ether oxygens (including phenoxy) is 1. The minimum absolute atomic E-state index is 0.203. The van der Waals surface area contributed by atoms with E-state index in [1.54, 1.807) is 32.0 Å². The van der Waals surface area contributed by atoms with Gasteiger partial charge in [0.2, 0.25) is 0 Å². The second kappa shape index (κ2) is 6.89. The molecule has 0 amide bonds. The predicted octanol–water partition coefficient (Wildman–Crippen LogP) is 2.23. The Morgan fingerprint density at radius 2 is 2.23 bits per heavy atom. The Balaban J connectivity index is 1.71. The SMILES string of the molecule is CO[C@@H]1C[C@H](CNc2ccncc2Cl)N(c2ccncn2)C1. The molecule has 6 nitrogen and oxygen atoms in total. The molecule has 0 unspecified atom stereocenters. The van der Waals surface area contributed by atoms with E-state index in [0.717, 1.165) is 31.0 Å². The van der Waals surface area contributed by atoms with Crippen LogP contribution in [-0.4, -0.2) is 47.3 Å². The fourth-order valence-electron chi connectivity index (χ4n) is 2.72. The summed E-state index contributed by atoms with van der Waals surface area (Å²) >= 11 is 6.14. The van der Waals surface area contributed by atoms with Crippen LogP contribution in [0.2, 0.25) is 5.02 Å². The lowest BCUT2D eigenvalue weighted by Crippen LogP contribution is -2.35. The van der Waals surface area contributed by atoms with Crippen molar-refractivity contribution in [1.29, 1.82) is 0 Å². The van der Waals surface area contributed by atoms with E-state index in [1.165, 1.54) is 0 Å². The number of hydrogen-bond donors (Lipinski definition) is 1. The highest BCUT2D eigenvalue weighted by atomic mass is 35.5. The van der Waals surface area contributed by atoms with Crippen molar-refractivity contribution in [2.75, 3.05) is 30.4 Å². The first kappa shape index (κ1) is 15.0. The molecule has 3 heterocycles. The number of anilines is 2. The molecule has 2 atom stereocenters. The lowest BCUT2D eigenvalue weighted by molar-refractivity contribution is 0.118. The summed E-state index contributed by atoms with van der Waals surface area (Å²) in [4.78, 5) is 14.6. The molecule has 0 saturated carbocycles. The monoisotopic (exact) mass is 319 g/mol. The summed E-state index contributed by atoms with van der Waals surface area (Å²) in [6.07, 6.45) is 7.83. The molecule has 1 saturated heterocycles. The van der Waals surface area contributed by atoms with Gasteiger partial charge >= 0.3 is 0 Å². The summed E-state index contributed by atoms with van der Waals surface area (Å²) < 4.78 is 5.52. The third-order valence-electron chi connectivity index (χ3n) is 3.87. The zero-order chi connectivity index (χ0) is 15.4. The predicted molar refractivity (Wildman–Crippen MR) is 86.3 cm³/mol. The standard InChI is InChI=1S/C15H18ClN5O/c1-22-12-6-11(7-19-14-2-4-17-8-13(14)16)21(9-12)15-3-5-18-10-20-15/h2-5,8,10-12H,6-7,9H2,1H3,(H,17,19)/t11-,12-/m1/s1. The van der Waals surface area contributed by atoms with Crippen LogP contribution in [0, 0.1) is 0 Å². The highest BCUT2D eigenvalue weighted by Gasteiger charge is 2.32. The van der Waals surface area contributed by atoms with Gasteiger partial charge in [-0.2, -0.15) is 0 Å². The maximum absolute atomic E-state index is 6.14. The van der Waals surface area contributed by atoms with Crippen LogP contribution in [0.4, 0.5) is 11.5 Å². The van der Waals surface area contributed by atoms with Gasteiger partial charge in [-0.25, -0.2) is 9.97 Å². The minimum Gasteiger partial charge on any atom is -0.382 e. The van der Waals surface area contributed by atoms with Gasteiger partial charge in [0, 0.05) is 38.8 Å². The van der Waals surface area contributed by atoms with Gasteiger partial charge < -0.3 is 15.0 Å². The van der Waals surface area contributed by atoms with Crippen molar-refractivity contribution in [1.82, 2.24) is 15.0 Å². The van der Waals surface area contributed by atoms with Crippen molar-refractivity contribution in [3.8, 4) is 0 Å². The average Bonchev–Trinajstić information content (AvgIpc) is 2.98. The second-order valence-corrected chi connectivity index (χ2v) is 5.61. The molecule has 1 aliphatic rings. The molecule has 22 heavy (non-hydrogen) atoms. The first-order chi connectivity index (χ1) is 10.8. The third-order valence-corrected chi connectivity index (χ3v) is 4.17. The third kappa shape index (κ3) is 3.28. The quantitative estimate of drug-likeness (QED) is 0.912. The fourth-order valence-corrected chi connectivity index (χ4v) is 2.90. The zero-order valence-corrected chi connectivity index (χ0v) is 13.1. The first-order valence-electron chi connectivity index (χ1n) is 7.16. The lowest BCUT2D eigenvalue weighted by atomic mass is 10.2. The van der Waals surface area contributed by atoms with Crippen LogP contribution in [-0.2, 0) is 4.74 Å². The number of methoxy groups -OCH3 is 1. The van der Waals surface area contributed by atoms with Crippen LogP contribution < -0.4 is 10.2 Å². The Hall–Kier alpha value is -1.92. The largest absolute Gasteiger partial charge is 0.382 e. The van der Waals surface area contributed by atoms with E-state index in [1.807, 2.05) is 12.1 Å². The van der Waals surface area contributed by atoms with Crippen LogP contribution in [0.1, 0.15) is 6.42 Å². The molecular formula is C15H18ClN5O. The Labute approximate surface area is 134 Å². The summed E-state index contributed by atoms with van der Waals surface area (Å²) in [5.41, 5.74) is 0.889. The molecule has 7 heteroatoms. The number of nitrogens with one attached hydrogen (secondary N) is 1. The Kier molecular flexibility index (Phi) is 4.70. The molecule has 1 N–H and O–H groups in total. The smallest absolute Gasteiger partial charge is 0.132 e. The van der Waals surface area contributed by atoms with E-state index in [9.17, 15) is 0 Å². The normalized spacial score (nSPS) is 21.1. The molecule has 1 aliphatic heterocycles. The molecular weight excluding hydrogens is 302 g/mol. The Morgan fingerprint density at radius 3 is 2.95 bits per heavy atom. The second-order valence-electron chi connectivity index (χ2n) is 5.20. The van der Waals surface area contributed by atoms with Crippen LogP contribution in [0.5, 0.6) is 0 Å². The molecule has 0 bridgehead atoms. The number of hydrogen-bond acceptors (Lipinski definition) is 6. The van der Waals surface area contributed by atoms with Crippen molar-refractivity contribution in [2.24, 2.45) is 0 Å². The van der Waals surface area contributed by atoms with Gasteiger partial charge in [-0.15, -0.1) is 0 Å². The van der Waals surface area contributed by atoms with Crippen molar-refractivity contribution in [3.05, 3.63) is 42.1 Å². The maximum atomic E-state index is 6.14. The summed E-state index contributed by atoms with van der Waals surface area (Å²) in [5, 5.41) is 4.01. The molecule has 0 spiro atoms. The topological polar surface area (TPSA) is 63.2 Å². The van der Waals surface area contributed by atoms with E-state index in [0.29, 0.717) is 5.02 Å². The zero-order valence-electron chi connectivity index (χ0n) is 12.3. The van der Waals surface area contributed by atoms with Crippen molar-refractivity contribution < 1.29 is 4.74 Å². The van der Waals surface area contributed by atoms with Crippen LogP contribution in [0.3, 0.4) is 0 Å². The number of rotatable bonds is 5. The number of halogens is 1. The number of aromatic nitrogens is 3. The van der Waals surface area contributed by atoms with E-state index < -0.39 is 0 Å². The molecule has 0 aliphatic carbocycles. The summed E-state index contributed by atoms with van der Waals surface area (Å²) in [5.74, 6) is 0.919.